The average molecular weight is 244 g/mol. The maximum absolute atomic E-state index is 3.00. The third-order valence-corrected chi connectivity index (χ3v) is 2.39. The van der Waals surface area contributed by atoms with Crippen LogP contribution in [0.5, 0.6) is 0 Å². The van der Waals surface area contributed by atoms with Crippen molar-refractivity contribution in [3.8, 4) is 0 Å². The van der Waals surface area contributed by atoms with Gasteiger partial charge in [0.1, 0.15) is 0 Å². The number of hydrogen-bond donors (Lipinski definition) is 2. The zero-order chi connectivity index (χ0) is 11.6. The molecule has 2 rings (SSSR count). The second kappa shape index (κ2) is 11.6. The van der Waals surface area contributed by atoms with Crippen molar-refractivity contribution >= 4 is 0 Å². The Balaban J connectivity index is 0. The minimum Gasteiger partial charge on any atom is -0.344 e. The topological polar surface area (TPSA) is 70.0 Å². The van der Waals surface area contributed by atoms with Gasteiger partial charge in [-0.2, -0.15) is 0 Å². The third-order valence-electron chi connectivity index (χ3n) is 2.39. The van der Waals surface area contributed by atoms with Gasteiger partial charge in [0.25, 0.3) is 0 Å². The molecule has 2 heteroatoms. The molecular weight excluding hydrogens is 220 g/mol. The van der Waals surface area contributed by atoms with E-state index < -0.39 is 0 Å². The van der Waals surface area contributed by atoms with E-state index in [1.165, 1.54) is 11.1 Å². The predicted molar refractivity (Wildman–Crippen MR) is 81.6 cm³/mol. The smallest absolute Gasteiger partial charge is 0.0238 e. The molecule has 6 N–H and O–H groups in total. The van der Waals surface area contributed by atoms with E-state index in [0.717, 1.165) is 12.8 Å². The van der Waals surface area contributed by atoms with Crippen LogP contribution >= 0.6 is 0 Å². The molecule has 2 nitrogen and oxygen atoms in total. The zero-order valence-electron chi connectivity index (χ0n) is 11.0. The first-order chi connectivity index (χ1) is 7.95. The summed E-state index contributed by atoms with van der Waals surface area (Å²) in [6, 6.07) is 21.2. The lowest BCUT2D eigenvalue weighted by atomic mass is 10.0. The van der Waals surface area contributed by atoms with Gasteiger partial charge in [-0.3, -0.25) is 0 Å². The molecule has 0 aliphatic heterocycles. The molecule has 0 amide bonds. The molecule has 0 atom stereocenters. The lowest BCUT2D eigenvalue weighted by Gasteiger charge is -2.01. The van der Waals surface area contributed by atoms with Crippen LogP contribution in [0.1, 0.15) is 11.1 Å². The van der Waals surface area contributed by atoms with Gasteiger partial charge in [-0.25, -0.2) is 0 Å². The van der Waals surface area contributed by atoms with Gasteiger partial charge in [0, 0.05) is 0 Å². The first-order valence-corrected chi connectivity index (χ1v) is 5.53. The predicted octanol–water partition coefficient (Wildman–Crippen LogP) is 4.60. The molecule has 0 saturated carbocycles. The van der Waals surface area contributed by atoms with Gasteiger partial charge in [0.05, 0.1) is 0 Å². The summed E-state index contributed by atoms with van der Waals surface area (Å²) in [4.78, 5) is 0. The summed E-state index contributed by atoms with van der Waals surface area (Å²) in [6.45, 7) is 6.00. The largest absolute Gasteiger partial charge is 0.344 e. The minimum absolute atomic E-state index is 0. The van der Waals surface area contributed by atoms with Crippen molar-refractivity contribution in [3.05, 3.63) is 84.9 Å². The van der Waals surface area contributed by atoms with E-state index >= 15 is 0 Å². The van der Waals surface area contributed by atoms with Crippen molar-refractivity contribution < 1.29 is 0 Å². The second-order valence-corrected chi connectivity index (χ2v) is 3.47. The van der Waals surface area contributed by atoms with Crippen molar-refractivity contribution in [2.45, 2.75) is 12.8 Å². The van der Waals surface area contributed by atoms with Gasteiger partial charge in [-0.1, -0.05) is 60.7 Å². The van der Waals surface area contributed by atoms with Crippen LogP contribution in [0.3, 0.4) is 0 Å². The maximum atomic E-state index is 3.00. The first kappa shape index (κ1) is 18.5. The summed E-state index contributed by atoms with van der Waals surface area (Å²) in [6.07, 6.45) is 2.26. The fraction of sp³-hybridized carbons (Fsp3) is 0.125. The summed E-state index contributed by atoms with van der Waals surface area (Å²) in [5.41, 5.74) is 2.83. The van der Waals surface area contributed by atoms with Crippen LogP contribution in [0, 0.1) is 0 Å². The van der Waals surface area contributed by atoms with E-state index in [-0.39, 0.29) is 12.3 Å². The molecule has 0 aromatic heterocycles. The van der Waals surface area contributed by atoms with E-state index in [9.17, 15) is 0 Å². The van der Waals surface area contributed by atoms with Crippen molar-refractivity contribution in [1.29, 1.82) is 0 Å². The highest BCUT2D eigenvalue weighted by atomic mass is 14.0. The number of benzene rings is 2. The van der Waals surface area contributed by atoms with Gasteiger partial charge in [0.2, 0.25) is 0 Å². The molecule has 0 aliphatic rings. The van der Waals surface area contributed by atoms with Gasteiger partial charge in [-0.05, 0) is 24.0 Å². The van der Waals surface area contributed by atoms with E-state index in [0.29, 0.717) is 0 Å². The van der Waals surface area contributed by atoms with Crippen LogP contribution < -0.4 is 12.3 Å². The van der Waals surface area contributed by atoms with Gasteiger partial charge >= 0.3 is 0 Å². The molecule has 0 aliphatic carbocycles. The summed E-state index contributed by atoms with van der Waals surface area (Å²) in [7, 11) is 0. The normalized spacial score (nSPS) is 8.00. The number of hydrogen-bond acceptors (Lipinski definition) is 2. The lowest BCUT2D eigenvalue weighted by molar-refractivity contribution is 0.960. The Morgan fingerprint density at radius 2 is 0.833 bits per heavy atom. The van der Waals surface area contributed by atoms with E-state index in [2.05, 4.69) is 73.8 Å². The molecule has 0 bridgehead atoms. The van der Waals surface area contributed by atoms with Gasteiger partial charge < -0.3 is 12.3 Å². The third kappa shape index (κ3) is 6.63. The van der Waals surface area contributed by atoms with Crippen molar-refractivity contribution in [1.82, 2.24) is 12.3 Å². The zero-order valence-corrected chi connectivity index (χ0v) is 11.0. The van der Waals surface area contributed by atoms with Crippen molar-refractivity contribution in [3.63, 3.8) is 0 Å². The molecule has 0 unspecified atom stereocenters. The van der Waals surface area contributed by atoms with Crippen LogP contribution in [-0.2, 0) is 12.8 Å². The summed E-state index contributed by atoms with van der Waals surface area (Å²) >= 11 is 0. The Morgan fingerprint density at radius 1 is 0.556 bits per heavy atom. The lowest BCUT2D eigenvalue weighted by Crippen LogP contribution is -1.89. The standard InChI is InChI=1S/C14H14.C2H4.2H3N/c1-3-7-13(8-4-1)11-12-14-9-5-2-6-10-14;1-2;;/h1-10H,11-12H2;1-2H2;2*1H3. The van der Waals surface area contributed by atoms with Crippen LogP contribution in [0.25, 0.3) is 0 Å². The minimum atomic E-state index is 0. The van der Waals surface area contributed by atoms with E-state index in [4.69, 9.17) is 0 Å². The Labute approximate surface area is 111 Å². The summed E-state index contributed by atoms with van der Waals surface area (Å²) in [5, 5.41) is 0. The molecule has 0 spiro atoms. The Morgan fingerprint density at radius 3 is 1.11 bits per heavy atom. The highest BCUT2D eigenvalue weighted by Crippen LogP contribution is 2.06. The van der Waals surface area contributed by atoms with Crippen LogP contribution in [0.4, 0.5) is 0 Å². The average Bonchev–Trinajstić information content (AvgIpc) is 2.41. The molecule has 0 fully saturated rings. The Kier molecular flexibility index (Phi) is 11.9. The molecular formula is C16H24N2. The van der Waals surface area contributed by atoms with Crippen LogP contribution in [0.15, 0.2) is 73.8 Å². The number of aryl methyl sites for hydroxylation is 2. The molecule has 2 aromatic carbocycles. The van der Waals surface area contributed by atoms with Crippen molar-refractivity contribution in [2.75, 3.05) is 0 Å². The van der Waals surface area contributed by atoms with Crippen molar-refractivity contribution in [2.24, 2.45) is 0 Å². The van der Waals surface area contributed by atoms with E-state index in [1.54, 1.807) is 0 Å². The Bertz CT molecular complexity index is 345. The quantitative estimate of drug-likeness (QED) is 0.775. The van der Waals surface area contributed by atoms with Gasteiger partial charge in [0.15, 0.2) is 0 Å². The fourth-order valence-electron chi connectivity index (χ4n) is 1.58. The summed E-state index contributed by atoms with van der Waals surface area (Å²) < 4.78 is 0. The van der Waals surface area contributed by atoms with E-state index in [1.807, 2.05) is 0 Å². The van der Waals surface area contributed by atoms with Crippen LogP contribution in [0.2, 0.25) is 0 Å². The maximum Gasteiger partial charge on any atom is -0.0238 e. The molecule has 2 aromatic rings. The SMILES string of the molecule is C=C.N.N.c1ccc(CCc2ccccc2)cc1. The molecule has 18 heavy (non-hydrogen) atoms. The molecule has 0 radical (unpaired) electrons. The monoisotopic (exact) mass is 244 g/mol. The molecule has 0 heterocycles. The highest BCUT2D eigenvalue weighted by Gasteiger charge is 1.93. The highest BCUT2D eigenvalue weighted by molar-refractivity contribution is 5.19. The summed E-state index contributed by atoms with van der Waals surface area (Å²) in [5.74, 6) is 0. The fourth-order valence-corrected chi connectivity index (χ4v) is 1.58. The molecule has 0 saturated heterocycles. The van der Waals surface area contributed by atoms with Gasteiger partial charge in [-0.15, -0.1) is 13.2 Å². The second-order valence-electron chi connectivity index (χ2n) is 3.47. The molecule has 98 valence electrons. The van der Waals surface area contributed by atoms with Crippen LogP contribution in [-0.4, -0.2) is 0 Å². The Hall–Kier alpha value is -1.90. The first-order valence-electron chi connectivity index (χ1n) is 5.53. The number of rotatable bonds is 3.